The minimum atomic E-state index is -0.0975. The van der Waals surface area contributed by atoms with Gasteiger partial charge >= 0.3 is 0 Å². The fourth-order valence-corrected chi connectivity index (χ4v) is 4.23. The molecule has 0 atom stereocenters. The van der Waals surface area contributed by atoms with Gasteiger partial charge in [0.25, 0.3) is 0 Å². The van der Waals surface area contributed by atoms with Crippen LogP contribution in [0.25, 0.3) is 21.8 Å². The molecule has 4 rings (SSSR count). The van der Waals surface area contributed by atoms with Gasteiger partial charge in [0, 0.05) is 40.0 Å². The molecule has 27 heavy (non-hydrogen) atoms. The lowest BCUT2D eigenvalue weighted by atomic mass is 10.1. The Morgan fingerprint density at radius 1 is 1.11 bits per heavy atom. The van der Waals surface area contributed by atoms with E-state index < -0.39 is 0 Å². The van der Waals surface area contributed by atoms with Crippen LogP contribution in [0.15, 0.2) is 60.4 Å². The molecule has 0 radical (unpaired) electrons. The second-order valence-corrected chi connectivity index (χ2v) is 7.94. The number of carbonyl (C=O) groups excluding carboxylic acids is 1. The maximum Gasteiger partial charge on any atom is 0.231 e. The number of nitrogens with one attached hydrogen (secondary N) is 1. The van der Waals surface area contributed by atoms with Gasteiger partial charge in [0.2, 0.25) is 5.91 Å². The third-order valence-corrected chi connectivity index (χ3v) is 5.72. The Balaban J connectivity index is 1.68. The lowest BCUT2D eigenvalue weighted by Crippen LogP contribution is -2.13. The van der Waals surface area contributed by atoms with Crippen LogP contribution in [0, 0.1) is 6.92 Å². The molecule has 134 valence electrons. The molecule has 3 aromatic heterocycles. The average molecular weight is 393 g/mol. The summed E-state index contributed by atoms with van der Waals surface area (Å²) in [6.45, 7) is 2.05. The van der Waals surface area contributed by atoms with E-state index in [0.717, 1.165) is 26.7 Å². The zero-order chi connectivity index (χ0) is 18.6. The van der Waals surface area contributed by atoms with E-state index in [4.69, 9.17) is 4.98 Å². The summed E-state index contributed by atoms with van der Waals surface area (Å²) in [6.07, 6.45) is 5.45. The van der Waals surface area contributed by atoms with E-state index in [1.165, 1.54) is 28.2 Å². The quantitative estimate of drug-likeness (QED) is 0.529. The third kappa shape index (κ3) is 4.10. The lowest BCUT2D eigenvalue weighted by molar-refractivity contribution is -0.115. The van der Waals surface area contributed by atoms with Crippen molar-refractivity contribution in [3.63, 3.8) is 0 Å². The van der Waals surface area contributed by atoms with Crippen LogP contribution >= 0.6 is 22.7 Å². The fourth-order valence-electron chi connectivity index (χ4n) is 2.62. The van der Waals surface area contributed by atoms with E-state index in [-0.39, 0.29) is 12.3 Å². The number of hydrogen-bond donors (Lipinski definition) is 1. The number of pyridine rings is 1. The second kappa shape index (κ2) is 7.77. The molecule has 0 aliphatic rings. The molecule has 0 fully saturated rings. The van der Waals surface area contributed by atoms with Crippen LogP contribution in [0.4, 0.5) is 5.13 Å². The summed E-state index contributed by atoms with van der Waals surface area (Å²) >= 11 is 2.93. The highest BCUT2D eigenvalue weighted by molar-refractivity contribution is 7.15. The van der Waals surface area contributed by atoms with Gasteiger partial charge < -0.3 is 5.32 Å². The molecule has 3 heterocycles. The molecular formula is C20H16N4OS2. The van der Waals surface area contributed by atoms with Gasteiger partial charge in [0.15, 0.2) is 5.13 Å². The summed E-state index contributed by atoms with van der Waals surface area (Å²) < 4.78 is 0. The van der Waals surface area contributed by atoms with Crippen molar-refractivity contribution in [2.45, 2.75) is 13.3 Å². The highest BCUT2D eigenvalue weighted by Gasteiger charge is 2.17. The summed E-state index contributed by atoms with van der Waals surface area (Å²) in [5, 5.41) is 6.14. The number of amides is 1. The summed E-state index contributed by atoms with van der Waals surface area (Å²) in [6, 6.07) is 12.1. The molecule has 0 saturated heterocycles. The number of nitrogens with zero attached hydrogens (tertiary/aromatic N) is 3. The summed E-state index contributed by atoms with van der Waals surface area (Å²) in [5.41, 5.74) is 3.98. The smallest absolute Gasteiger partial charge is 0.231 e. The molecule has 4 aromatic rings. The van der Waals surface area contributed by atoms with E-state index in [0.29, 0.717) is 5.13 Å². The second-order valence-electron chi connectivity index (χ2n) is 5.96. The minimum absolute atomic E-state index is 0.0975. The van der Waals surface area contributed by atoms with E-state index in [2.05, 4.69) is 27.4 Å². The van der Waals surface area contributed by atoms with Crippen molar-refractivity contribution in [1.82, 2.24) is 15.0 Å². The first kappa shape index (κ1) is 17.5. The van der Waals surface area contributed by atoms with Crippen molar-refractivity contribution >= 4 is 33.7 Å². The number of hydrogen-bond acceptors (Lipinski definition) is 6. The topological polar surface area (TPSA) is 67.8 Å². The van der Waals surface area contributed by atoms with Crippen LogP contribution in [0.3, 0.4) is 0 Å². The largest absolute Gasteiger partial charge is 0.302 e. The van der Waals surface area contributed by atoms with Gasteiger partial charge in [-0.3, -0.25) is 9.78 Å². The number of aryl methyl sites for hydroxylation is 1. The molecule has 1 aromatic carbocycles. The van der Waals surface area contributed by atoms with Crippen molar-refractivity contribution < 1.29 is 4.79 Å². The monoisotopic (exact) mass is 392 g/mol. The first-order valence-corrected chi connectivity index (χ1v) is 10.0. The van der Waals surface area contributed by atoms with Crippen LogP contribution < -0.4 is 5.32 Å². The number of benzene rings is 1. The SMILES string of the molecule is Cc1ccc(-c2nc(-c3cccnc3)sc2CC(=O)Nc2nccs2)cc1. The fraction of sp³-hybridized carbons (Fsp3) is 0.100. The van der Waals surface area contributed by atoms with Gasteiger partial charge in [-0.1, -0.05) is 29.8 Å². The molecule has 0 unspecified atom stereocenters. The number of thiazole rings is 2. The summed E-state index contributed by atoms with van der Waals surface area (Å²) in [5.74, 6) is -0.0975. The van der Waals surface area contributed by atoms with E-state index in [9.17, 15) is 4.79 Å². The molecule has 1 N–H and O–H groups in total. The van der Waals surface area contributed by atoms with Gasteiger partial charge in [0.1, 0.15) is 5.01 Å². The zero-order valence-corrected chi connectivity index (χ0v) is 16.2. The van der Waals surface area contributed by atoms with Crippen LogP contribution in [-0.4, -0.2) is 20.9 Å². The van der Waals surface area contributed by atoms with Crippen molar-refractivity contribution in [3.8, 4) is 21.8 Å². The maximum atomic E-state index is 12.5. The number of rotatable bonds is 5. The van der Waals surface area contributed by atoms with Crippen LogP contribution in [0.5, 0.6) is 0 Å². The van der Waals surface area contributed by atoms with Crippen LogP contribution in [0.1, 0.15) is 10.4 Å². The Bertz CT molecular complexity index is 1040. The highest BCUT2D eigenvalue weighted by atomic mass is 32.1. The van der Waals surface area contributed by atoms with Gasteiger partial charge in [-0.25, -0.2) is 9.97 Å². The molecule has 0 aliphatic heterocycles. The molecule has 1 amide bonds. The van der Waals surface area contributed by atoms with Crippen LogP contribution in [-0.2, 0) is 11.2 Å². The Kier molecular flexibility index (Phi) is 5.04. The Morgan fingerprint density at radius 2 is 1.96 bits per heavy atom. The zero-order valence-electron chi connectivity index (χ0n) is 14.5. The number of anilines is 1. The van der Waals surface area contributed by atoms with Crippen molar-refractivity contribution in [2.24, 2.45) is 0 Å². The van der Waals surface area contributed by atoms with Gasteiger partial charge in [0.05, 0.1) is 12.1 Å². The standard InChI is InChI=1S/C20H16N4OS2/c1-13-4-6-14(7-5-13)18-16(11-17(25)23-20-22-9-10-26-20)27-19(24-18)15-3-2-8-21-12-15/h2-10,12H,11H2,1H3,(H,22,23,25). The van der Waals surface area contributed by atoms with Crippen molar-refractivity contribution in [2.75, 3.05) is 5.32 Å². The molecule has 7 heteroatoms. The predicted molar refractivity (Wildman–Crippen MR) is 110 cm³/mol. The first-order chi connectivity index (χ1) is 13.2. The third-order valence-electron chi connectivity index (χ3n) is 3.93. The molecular weight excluding hydrogens is 376 g/mol. The number of carbonyl (C=O) groups is 1. The van der Waals surface area contributed by atoms with Gasteiger partial charge in [-0.15, -0.1) is 22.7 Å². The molecule has 0 aliphatic carbocycles. The van der Waals surface area contributed by atoms with Crippen LogP contribution in [0.2, 0.25) is 0 Å². The molecule has 0 saturated carbocycles. The van der Waals surface area contributed by atoms with Crippen molar-refractivity contribution in [1.29, 1.82) is 0 Å². The van der Waals surface area contributed by atoms with Gasteiger partial charge in [-0.2, -0.15) is 0 Å². The highest BCUT2D eigenvalue weighted by Crippen LogP contribution is 2.34. The summed E-state index contributed by atoms with van der Waals surface area (Å²) in [7, 11) is 0. The Morgan fingerprint density at radius 3 is 2.67 bits per heavy atom. The first-order valence-electron chi connectivity index (χ1n) is 8.35. The summed E-state index contributed by atoms with van der Waals surface area (Å²) in [4.78, 5) is 26.5. The Labute approximate surface area is 164 Å². The van der Waals surface area contributed by atoms with Crippen molar-refractivity contribution in [3.05, 3.63) is 70.8 Å². The molecule has 5 nitrogen and oxygen atoms in total. The number of aromatic nitrogens is 3. The maximum absolute atomic E-state index is 12.5. The van der Waals surface area contributed by atoms with E-state index in [1.807, 2.05) is 36.6 Å². The average Bonchev–Trinajstić information content (AvgIpc) is 3.33. The molecule has 0 spiro atoms. The Hall–Kier alpha value is -2.90. The van der Waals surface area contributed by atoms with Gasteiger partial charge in [-0.05, 0) is 19.1 Å². The van der Waals surface area contributed by atoms with E-state index >= 15 is 0 Å². The minimum Gasteiger partial charge on any atom is -0.302 e. The normalized spacial score (nSPS) is 10.7. The lowest BCUT2D eigenvalue weighted by Gasteiger charge is -2.03. The predicted octanol–water partition coefficient (Wildman–Crippen LogP) is 4.82. The molecule has 0 bridgehead atoms. The van der Waals surface area contributed by atoms with E-state index in [1.54, 1.807) is 18.6 Å².